The van der Waals surface area contributed by atoms with E-state index in [1.165, 1.54) is 7.11 Å². The van der Waals surface area contributed by atoms with Crippen molar-refractivity contribution in [2.24, 2.45) is 11.0 Å². The van der Waals surface area contributed by atoms with E-state index in [0.717, 1.165) is 0 Å². The van der Waals surface area contributed by atoms with E-state index in [2.05, 4.69) is 14.8 Å². The highest BCUT2D eigenvalue weighted by atomic mass is 16.5. The zero-order valence-corrected chi connectivity index (χ0v) is 7.52. The molecule has 0 N–H and O–H groups in total. The van der Waals surface area contributed by atoms with E-state index in [0.29, 0.717) is 12.3 Å². The summed E-state index contributed by atoms with van der Waals surface area (Å²) in [6, 6.07) is -0.681. The minimum Gasteiger partial charge on any atom is -0.469 e. The van der Waals surface area contributed by atoms with Crippen LogP contribution < -0.4 is 0 Å². The fraction of sp³-hybridized carbons (Fsp3) is 0.857. The number of carbonyl (C=O) groups excluding carboxylic acids is 1. The van der Waals surface area contributed by atoms with Gasteiger partial charge >= 0.3 is 5.97 Å². The second-order valence-corrected chi connectivity index (χ2v) is 2.87. The van der Waals surface area contributed by atoms with Crippen LogP contribution in [0.25, 0.3) is 10.4 Å². The minimum atomic E-state index is -0.681. The van der Waals surface area contributed by atoms with Gasteiger partial charge in [0.2, 0.25) is 0 Å². The molecule has 0 aromatic rings. The number of hydrogen-bond acceptors (Lipinski definition) is 3. The van der Waals surface area contributed by atoms with Crippen molar-refractivity contribution in [3.8, 4) is 0 Å². The molecule has 0 heterocycles. The standard InChI is InChI=1S/C7H13N3O2/c1-5(2)4-6(9-10-8)7(11)12-3/h5-6H,4H2,1-3H3. The molecule has 12 heavy (non-hydrogen) atoms. The maximum Gasteiger partial charge on any atom is 0.314 e. The molecule has 1 unspecified atom stereocenters. The van der Waals surface area contributed by atoms with Crippen molar-refractivity contribution in [2.75, 3.05) is 7.11 Å². The maximum atomic E-state index is 11.0. The molecule has 68 valence electrons. The molecule has 5 heteroatoms. The van der Waals surface area contributed by atoms with Gasteiger partial charge in [-0.3, -0.25) is 4.79 Å². The van der Waals surface area contributed by atoms with Crippen LogP contribution in [0, 0.1) is 5.92 Å². The first-order valence-corrected chi connectivity index (χ1v) is 3.73. The summed E-state index contributed by atoms with van der Waals surface area (Å²) >= 11 is 0. The Bertz CT molecular complexity index is 197. The van der Waals surface area contributed by atoms with Crippen LogP contribution in [0.4, 0.5) is 0 Å². The van der Waals surface area contributed by atoms with Crippen molar-refractivity contribution < 1.29 is 9.53 Å². The normalized spacial score (nSPS) is 12.0. The number of ether oxygens (including phenoxy) is 1. The van der Waals surface area contributed by atoms with Crippen LogP contribution in [-0.4, -0.2) is 19.1 Å². The van der Waals surface area contributed by atoms with Gasteiger partial charge in [0.25, 0.3) is 0 Å². The predicted molar refractivity (Wildman–Crippen MR) is 44.4 cm³/mol. The van der Waals surface area contributed by atoms with Gasteiger partial charge in [-0.2, -0.15) is 0 Å². The second-order valence-electron chi connectivity index (χ2n) is 2.87. The lowest BCUT2D eigenvalue weighted by Gasteiger charge is -2.10. The molecule has 0 saturated carbocycles. The fourth-order valence-electron chi connectivity index (χ4n) is 0.835. The smallest absolute Gasteiger partial charge is 0.314 e. The number of carbonyl (C=O) groups is 1. The Kier molecular flexibility index (Phi) is 4.88. The van der Waals surface area contributed by atoms with E-state index < -0.39 is 12.0 Å². The third kappa shape index (κ3) is 3.83. The number of methoxy groups -OCH3 is 1. The van der Waals surface area contributed by atoms with Gasteiger partial charge in [0, 0.05) is 4.91 Å². The molecule has 0 aromatic heterocycles. The van der Waals surface area contributed by atoms with Crippen LogP contribution in [0.15, 0.2) is 5.11 Å². The van der Waals surface area contributed by atoms with E-state index in [-0.39, 0.29) is 0 Å². The number of esters is 1. The van der Waals surface area contributed by atoms with Crippen molar-refractivity contribution in [2.45, 2.75) is 26.3 Å². The molecular formula is C7H13N3O2. The van der Waals surface area contributed by atoms with Gasteiger partial charge in [0.05, 0.1) is 7.11 Å². The summed E-state index contributed by atoms with van der Waals surface area (Å²) in [4.78, 5) is 13.5. The lowest BCUT2D eigenvalue weighted by molar-refractivity contribution is -0.142. The average molecular weight is 171 g/mol. The van der Waals surface area contributed by atoms with Crippen molar-refractivity contribution in [3.63, 3.8) is 0 Å². The lowest BCUT2D eigenvalue weighted by Crippen LogP contribution is -2.21. The summed E-state index contributed by atoms with van der Waals surface area (Å²) in [7, 11) is 1.28. The molecule has 5 nitrogen and oxygen atoms in total. The highest BCUT2D eigenvalue weighted by molar-refractivity contribution is 5.75. The van der Waals surface area contributed by atoms with E-state index >= 15 is 0 Å². The van der Waals surface area contributed by atoms with Crippen LogP contribution >= 0.6 is 0 Å². The summed E-state index contributed by atoms with van der Waals surface area (Å²) in [5, 5.41) is 3.34. The van der Waals surface area contributed by atoms with E-state index in [1.807, 2.05) is 13.8 Å². The van der Waals surface area contributed by atoms with Crippen molar-refractivity contribution in [3.05, 3.63) is 10.4 Å². The highest BCUT2D eigenvalue weighted by Gasteiger charge is 2.18. The first-order chi connectivity index (χ1) is 5.61. The Labute approximate surface area is 71.3 Å². The first kappa shape index (κ1) is 10.8. The van der Waals surface area contributed by atoms with E-state index in [1.54, 1.807) is 0 Å². The quantitative estimate of drug-likeness (QED) is 0.280. The molecule has 1 atom stereocenters. The Balaban J connectivity index is 4.22. The number of azide groups is 1. The molecular weight excluding hydrogens is 158 g/mol. The van der Waals surface area contributed by atoms with Gasteiger partial charge < -0.3 is 4.74 Å². The van der Waals surface area contributed by atoms with Gasteiger partial charge in [0.1, 0.15) is 6.04 Å². The van der Waals surface area contributed by atoms with Crippen LogP contribution in [0.1, 0.15) is 20.3 Å². The topological polar surface area (TPSA) is 75.1 Å². The largest absolute Gasteiger partial charge is 0.469 e. The Morgan fingerprint density at radius 1 is 1.67 bits per heavy atom. The summed E-state index contributed by atoms with van der Waals surface area (Å²) in [6.45, 7) is 3.89. The van der Waals surface area contributed by atoms with E-state index in [4.69, 9.17) is 5.53 Å². The van der Waals surface area contributed by atoms with Gasteiger partial charge in [-0.05, 0) is 17.9 Å². The molecule has 0 aliphatic heterocycles. The fourth-order valence-corrected chi connectivity index (χ4v) is 0.835. The molecule has 0 spiro atoms. The molecule has 0 aliphatic rings. The zero-order chi connectivity index (χ0) is 9.56. The lowest BCUT2D eigenvalue weighted by atomic mass is 10.1. The Hall–Kier alpha value is -1.22. The molecule has 0 rings (SSSR count). The Morgan fingerprint density at radius 3 is 2.58 bits per heavy atom. The average Bonchev–Trinajstić information content (AvgIpc) is 2.01. The predicted octanol–water partition coefficient (Wildman–Crippen LogP) is 1.88. The van der Waals surface area contributed by atoms with Crippen LogP contribution in [-0.2, 0) is 9.53 Å². The van der Waals surface area contributed by atoms with Crippen molar-refractivity contribution in [1.82, 2.24) is 0 Å². The second kappa shape index (κ2) is 5.43. The summed E-state index contributed by atoms with van der Waals surface area (Å²) in [5.41, 5.74) is 8.14. The van der Waals surface area contributed by atoms with Gasteiger partial charge in [-0.25, -0.2) is 0 Å². The summed E-state index contributed by atoms with van der Waals surface area (Å²) < 4.78 is 4.46. The molecule has 0 radical (unpaired) electrons. The Morgan fingerprint density at radius 2 is 2.25 bits per heavy atom. The zero-order valence-electron chi connectivity index (χ0n) is 7.52. The van der Waals surface area contributed by atoms with Crippen LogP contribution in [0.3, 0.4) is 0 Å². The highest BCUT2D eigenvalue weighted by Crippen LogP contribution is 2.09. The van der Waals surface area contributed by atoms with Crippen molar-refractivity contribution >= 4 is 5.97 Å². The number of rotatable bonds is 4. The molecule has 0 bridgehead atoms. The van der Waals surface area contributed by atoms with Crippen LogP contribution in [0.5, 0.6) is 0 Å². The molecule has 0 amide bonds. The molecule has 0 aromatic carbocycles. The van der Waals surface area contributed by atoms with Crippen molar-refractivity contribution in [1.29, 1.82) is 0 Å². The van der Waals surface area contributed by atoms with Gasteiger partial charge in [-0.1, -0.05) is 19.0 Å². The monoisotopic (exact) mass is 171 g/mol. The number of nitrogens with zero attached hydrogens (tertiary/aromatic N) is 3. The first-order valence-electron chi connectivity index (χ1n) is 3.73. The minimum absolute atomic E-state index is 0.305. The SMILES string of the molecule is COC(=O)C(CC(C)C)N=[N+]=[N-]. The maximum absolute atomic E-state index is 11.0. The number of hydrogen-bond donors (Lipinski definition) is 0. The molecule has 0 fully saturated rings. The summed E-state index contributed by atoms with van der Waals surface area (Å²) in [6.07, 6.45) is 0.525. The third-order valence-electron chi connectivity index (χ3n) is 1.36. The third-order valence-corrected chi connectivity index (χ3v) is 1.36. The summed E-state index contributed by atoms with van der Waals surface area (Å²) in [5.74, 6) is -0.166. The van der Waals surface area contributed by atoms with Crippen LogP contribution in [0.2, 0.25) is 0 Å². The van der Waals surface area contributed by atoms with Gasteiger partial charge in [-0.15, -0.1) is 0 Å². The van der Waals surface area contributed by atoms with E-state index in [9.17, 15) is 4.79 Å². The van der Waals surface area contributed by atoms with Gasteiger partial charge in [0.15, 0.2) is 0 Å². The molecule has 0 aliphatic carbocycles. The molecule has 0 saturated heterocycles.